The van der Waals surface area contributed by atoms with Gasteiger partial charge in [-0.1, -0.05) is 113 Å². The normalized spacial score (nSPS) is 16.9. The maximum atomic E-state index is 5.46. The lowest BCUT2D eigenvalue weighted by Crippen LogP contribution is -2.40. The molecule has 10 heteroatoms. The molecule has 2 atom stereocenters. The third-order valence-electron chi connectivity index (χ3n) is 12.4. The van der Waals surface area contributed by atoms with Crippen LogP contribution in [0.25, 0.3) is 10.7 Å². The van der Waals surface area contributed by atoms with Gasteiger partial charge < -0.3 is 16.0 Å². The molecule has 320 valence electrons. The highest BCUT2D eigenvalue weighted by molar-refractivity contribution is 7.15. The van der Waals surface area contributed by atoms with E-state index in [1.54, 1.807) is 11.3 Å². The highest BCUT2D eigenvalue weighted by Gasteiger charge is 2.33. The van der Waals surface area contributed by atoms with E-state index in [0.717, 1.165) is 105 Å². The summed E-state index contributed by atoms with van der Waals surface area (Å²) in [5.74, 6) is 1.73. The van der Waals surface area contributed by atoms with E-state index in [9.17, 15) is 0 Å². The van der Waals surface area contributed by atoms with Crippen LogP contribution in [0, 0.1) is 27.7 Å². The van der Waals surface area contributed by atoms with E-state index in [4.69, 9.17) is 15.2 Å². The van der Waals surface area contributed by atoms with E-state index >= 15 is 0 Å². The standard InChI is InChI=1S/C52H61N9S/c1-33-23-26-42(27-24-33)50-48-36(4)39(7)62-52(48)60-40(8)58-59-51(60)46(57-50)30-35(3)56-44-21-16-19-41(31-44)18-14-12-10-9-11-13-15-29-53-45-22-17-20-43-32-54-61(38(6)49(43)45)47-28-25-34(2)55-37(47)5/h16-17,19-24,26-27,31-32,46-47,53,55-56H,2-3,5-6,9-15,18,25,28-30H2,1,4,7-8H3. The van der Waals surface area contributed by atoms with Crippen LogP contribution < -0.4 is 16.0 Å². The van der Waals surface area contributed by atoms with E-state index < -0.39 is 0 Å². The van der Waals surface area contributed by atoms with Crippen molar-refractivity contribution in [1.29, 1.82) is 0 Å². The van der Waals surface area contributed by atoms with E-state index in [2.05, 4.69) is 139 Å². The molecule has 0 aliphatic carbocycles. The number of hydrogen-bond acceptors (Lipinski definition) is 9. The molecule has 62 heavy (non-hydrogen) atoms. The number of thiophene rings is 1. The number of nitrogens with zero attached hydrogens (tertiary/aromatic N) is 6. The number of nitrogens with one attached hydrogen (secondary N) is 3. The van der Waals surface area contributed by atoms with E-state index in [-0.39, 0.29) is 12.1 Å². The number of fused-ring (bicyclic) bond motifs is 4. The summed E-state index contributed by atoms with van der Waals surface area (Å²) in [6.45, 7) is 26.7. The van der Waals surface area contributed by atoms with Crippen LogP contribution >= 0.6 is 11.3 Å². The van der Waals surface area contributed by atoms with Gasteiger partial charge in [-0.05, 0) is 89.1 Å². The Morgan fingerprint density at radius 1 is 0.871 bits per heavy atom. The Balaban J connectivity index is 0.784. The minimum atomic E-state index is -0.241. The summed E-state index contributed by atoms with van der Waals surface area (Å²) in [6.07, 6.45) is 14.0. The first-order valence-electron chi connectivity index (χ1n) is 22.3. The zero-order valence-electron chi connectivity index (χ0n) is 37.0. The molecule has 8 rings (SSSR count). The Morgan fingerprint density at radius 2 is 1.63 bits per heavy atom. The highest BCUT2D eigenvalue weighted by atomic mass is 32.1. The van der Waals surface area contributed by atoms with E-state index in [1.807, 2.05) is 18.1 Å². The predicted octanol–water partition coefficient (Wildman–Crippen LogP) is 12.3. The van der Waals surface area contributed by atoms with Gasteiger partial charge in [-0.3, -0.25) is 14.6 Å². The van der Waals surface area contributed by atoms with Crippen LogP contribution in [0.15, 0.2) is 120 Å². The average molecular weight is 844 g/mol. The molecule has 3 N–H and O–H groups in total. The Labute approximate surface area is 372 Å². The van der Waals surface area contributed by atoms with E-state index in [1.165, 1.54) is 65.7 Å². The van der Waals surface area contributed by atoms with Crippen molar-refractivity contribution >= 4 is 40.3 Å². The second-order valence-corrected chi connectivity index (χ2v) is 18.4. The number of rotatable bonds is 17. The van der Waals surface area contributed by atoms with E-state index in [0.29, 0.717) is 6.42 Å². The third-order valence-corrected chi connectivity index (χ3v) is 13.6. The molecule has 2 aromatic heterocycles. The number of aromatic nitrogens is 3. The van der Waals surface area contributed by atoms with Crippen LogP contribution in [-0.2, 0) is 6.42 Å². The highest BCUT2D eigenvalue weighted by Crippen LogP contribution is 2.41. The lowest BCUT2D eigenvalue weighted by molar-refractivity contribution is 0.303. The van der Waals surface area contributed by atoms with Gasteiger partial charge in [0, 0.05) is 68.6 Å². The summed E-state index contributed by atoms with van der Waals surface area (Å²) >= 11 is 1.79. The Hall–Kier alpha value is -6.00. The third kappa shape index (κ3) is 9.26. The van der Waals surface area contributed by atoms with Gasteiger partial charge in [0.1, 0.15) is 16.9 Å². The lowest BCUT2D eigenvalue weighted by atomic mass is 9.97. The maximum absolute atomic E-state index is 5.46. The molecule has 3 aromatic carbocycles. The molecule has 9 nitrogen and oxygen atoms in total. The number of allylic oxidation sites excluding steroid dienone is 1. The predicted molar refractivity (Wildman–Crippen MR) is 261 cm³/mol. The largest absolute Gasteiger partial charge is 0.384 e. The Bertz CT molecular complexity index is 2550. The van der Waals surface area contributed by atoms with Crippen molar-refractivity contribution in [2.75, 3.05) is 17.2 Å². The molecule has 2 unspecified atom stereocenters. The SMILES string of the molecule is C=C1CCC(N2N=Cc3cccc(NCCCCCCCCCc4cccc(NC(=C)CC5N=C(c6ccc(C)cc6)c6c(sc(C)c6C)-n6c(C)nnc65)c4)c3C2=C)C(=C)N1. The fraction of sp³-hybridized carbons (Fsp3) is 0.346. The molecule has 5 heterocycles. The molecule has 5 aromatic rings. The molecule has 3 aliphatic rings. The number of aliphatic imine (C=N–C) groups is 1. The molecule has 1 fully saturated rings. The number of benzene rings is 3. The minimum Gasteiger partial charge on any atom is -0.384 e. The molecular weight excluding hydrogens is 783 g/mol. The molecule has 0 spiro atoms. The number of piperidine rings is 1. The number of unbranched alkanes of at least 4 members (excludes halogenated alkanes) is 6. The van der Waals surface area contributed by atoms with Crippen molar-refractivity contribution in [3.05, 3.63) is 166 Å². The number of hydrogen-bond donors (Lipinski definition) is 3. The average Bonchev–Trinajstić information content (AvgIpc) is 3.73. The Kier molecular flexibility index (Phi) is 13.0. The fourth-order valence-corrected chi connectivity index (χ4v) is 10.2. The second kappa shape index (κ2) is 18.9. The summed E-state index contributed by atoms with van der Waals surface area (Å²) in [5.41, 5.74) is 15.3. The van der Waals surface area contributed by atoms with Crippen LogP contribution in [-0.4, -0.2) is 44.3 Å². The topological polar surface area (TPSA) is 94.8 Å². The van der Waals surface area contributed by atoms with Gasteiger partial charge in [0.2, 0.25) is 0 Å². The van der Waals surface area contributed by atoms with Gasteiger partial charge in [0.25, 0.3) is 0 Å². The van der Waals surface area contributed by atoms with Crippen molar-refractivity contribution in [2.24, 2.45) is 10.1 Å². The molecular formula is C52H61N9S. The zero-order valence-corrected chi connectivity index (χ0v) is 37.8. The first-order valence-corrected chi connectivity index (χ1v) is 23.1. The molecule has 0 radical (unpaired) electrons. The Morgan fingerprint density at radius 3 is 2.42 bits per heavy atom. The van der Waals surface area contributed by atoms with Crippen molar-refractivity contribution in [3.63, 3.8) is 0 Å². The number of anilines is 2. The van der Waals surface area contributed by atoms with Gasteiger partial charge in [0.05, 0.1) is 23.7 Å². The van der Waals surface area contributed by atoms with Crippen molar-refractivity contribution in [2.45, 2.75) is 110 Å². The smallest absolute Gasteiger partial charge is 0.163 e. The molecule has 0 saturated carbocycles. The van der Waals surface area contributed by atoms with Gasteiger partial charge in [-0.25, -0.2) is 0 Å². The molecule has 3 aliphatic heterocycles. The number of hydrazone groups is 1. The summed E-state index contributed by atoms with van der Waals surface area (Å²) < 4.78 is 2.21. The maximum Gasteiger partial charge on any atom is 0.163 e. The number of aryl methyl sites for hydroxylation is 4. The van der Waals surface area contributed by atoms with Crippen LogP contribution in [0.4, 0.5) is 11.4 Å². The van der Waals surface area contributed by atoms with Crippen molar-refractivity contribution in [3.8, 4) is 5.00 Å². The van der Waals surface area contributed by atoms with Crippen LogP contribution in [0.5, 0.6) is 0 Å². The van der Waals surface area contributed by atoms with Crippen molar-refractivity contribution < 1.29 is 0 Å². The monoisotopic (exact) mass is 843 g/mol. The quantitative estimate of drug-likeness (QED) is 0.0807. The van der Waals surface area contributed by atoms with Gasteiger partial charge in [0.15, 0.2) is 5.82 Å². The first-order chi connectivity index (χ1) is 30.0. The first kappa shape index (κ1) is 42.7. The molecule has 0 bridgehead atoms. The zero-order chi connectivity index (χ0) is 43.3. The lowest BCUT2D eigenvalue weighted by Gasteiger charge is -2.38. The van der Waals surface area contributed by atoms with Crippen molar-refractivity contribution in [1.82, 2.24) is 25.1 Å². The summed E-state index contributed by atoms with van der Waals surface area (Å²) in [4.78, 5) is 6.74. The summed E-state index contributed by atoms with van der Waals surface area (Å²) in [6, 6.07) is 23.7. The second-order valence-electron chi connectivity index (χ2n) is 17.2. The minimum absolute atomic E-state index is 0.0656. The van der Waals surface area contributed by atoms with Crippen LogP contribution in [0.3, 0.4) is 0 Å². The van der Waals surface area contributed by atoms with Crippen LogP contribution in [0.2, 0.25) is 0 Å². The van der Waals surface area contributed by atoms with Gasteiger partial charge in [-0.2, -0.15) is 5.10 Å². The fourth-order valence-electron chi connectivity index (χ4n) is 8.94. The summed E-state index contributed by atoms with van der Waals surface area (Å²) in [5, 5.41) is 27.8. The van der Waals surface area contributed by atoms with Crippen LogP contribution in [0.1, 0.15) is 126 Å². The van der Waals surface area contributed by atoms with Gasteiger partial charge >= 0.3 is 0 Å². The molecule has 1 saturated heterocycles. The van der Waals surface area contributed by atoms with Gasteiger partial charge in [-0.15, -0.1) is 21.5 Å². The molecule has 0 amide bonds. The summed E-state index contributed by atoms with van der Waals surface area (Å²) in [7, 11) is 0.